The summed E-state index contributed by atoms with van der Waals surface area (Å²) in [5, 5.41) is 9.03. The number of amides is 2. The molecule has 1 N–H and O–H groups in total. The van der Waals surface area contributed by atoms with Crippen LogP contribution in [0.5, 0.6) is 0 Å². The number of carbonyl (C=O) groups is 2. The van der Waals surface area contributed by atoms with Gasteiger partial charge in [0.05, 0.1) is 0 Å². The number of rotatable bonds is 6. The summed E-state index contributed by atoms with van der Waals surface area (Å²) >= 11 is 0. The van der Waals surface area contributed by atoms with E-state index in [2.05, 4.69) is 0 Å². The number of aliphatic carboxylic acids is 1. The summed E-state index contributed by atoms with van der Waals surface area (Å²) in [6, 6.07) is 0.0815. The summed E-state index contributed by atoms with van der Waals surface area (Å²) in [4.78, 5) is 26.9. The first kappa shape index (κ1) is 15.8. The fraction of sp³-hybridized carbons (Fsp3) is 0.857. The zero-order valence-electron chi connectivity index (χ0n) is 12.3. The first-order valence-corrected chi connectivity index (χ1v) is 7.26. The Bertz CT molecular complexity index is 312. The van der Waals surface area contributed by atoms with Crippen molar-refractivity contribution in [2.24, 2.45) is 0 Å². The fourth-order valence-corrected chi connectivity index (χ4v) is 2.70. The molecule has 0 heterocycles. The molecule has 2 amide bonds. The van der Waals surface area contributed by atoms with E-state index in [0.717, 1.165) is 32.1 Å². The third kappa shape index (κ3) is 4.40. The van der Waals surface area contributed by atoms with Gasteiger partial charge in [0.2, 0.25) is 0 Å². The van der Waals surface area contributed by atoms with E-state index in [1.807, 2.05) is 20.8 Å². The molecular formula is C14H26N2O3. The van der Waals surface area contributed by atoms with Crippen LogP contribution in [0, 0.1) is 0 Å². The second-order valence-electron chi connectivity index (χ2n) is 5.53. The topological polar surface area (TPSA) is 60.9 Å². The first-order valence-electron chi connectivity index (χ1n) is 7.26. The highest BCUT2D eigenvalue weighted by molar-refractivity contribution is 5.80. The molecule has 5 heteroatoms. The van der Waals surface area contributed by atoms with Crippen LogP contribution >= 0.6 is 0 Å². The summed E-state index contributed by atoms with van der Waals surface area (Å²) in [6.45, 7) is 6.47. The number of urea groups is 1. The summed E-state index contributed by atoms with van der Waals surface area (Å²) in [5.41, 5.74) is 0. The second kappa shape index (κ2) is 7.36. The highest BCUT2D eigenvalue weighted by atomic mass is 16.4. The number of carboxylic acids is 1. The molecule has 1 rings (SSSR count). The minimum atomic E-state index is -0.930. The van der Waals surface area contributed by atoms with Gasteiger partial charge in [0.15, 0.2) is 0 Å². The lowest BCUT2D eigenvalue weighted by Crippen LogP contribution is -2.51. The molecule has 5 nitrogen and oxygen atoms in total. The third-order valence-electron chi connectivity index (χ3n) is 3.65. The Labute approximate surface area is 115 Å². The smallest absolute Gasteiger partial charge is 0.323 e. The molecule has 0 aliphatic heterocycles. The lowest BCUT2D eigenvalue weighted by Gasteiger charge is -2.35. The Morgan fingerprint density at radius 1 is 1.26 bits per heavy atom. The van der Waals surface area contributed by atoms with Gasteiger partial charge in [-0.2, -0.15) is 0 Å². The first-order chi connectivity index (χ1) is 8.97. The number of hydrogen-bond donors (Lipinski definition) is 1. The monoisotopic (exact) mass is 270 g/mol. The Morgan fingerprint density at radius 2 is 1.84 bits per heavy atom. The molecule has 1 saturated carbocycles. The van der Waals surface area contributed by atoms with Crippen molar-refractivity contribution in [3.8, 4) is 0 Å². The van der Waals surface area contributed by atoms with Crippen molar-refractivity contribution < 1.29 is 14.7 Å². The van der Waals surface area contributed by atoms with Crippen molar-refractivity contribution in [1.29, 1.82) is 0 Å². The van der Waals surface area contributed by atoms with E-state index in [1.165, 1.54) is 0 Å². The number of hydrogen-bond acceptors (Lipinski definition) is 2. The van der Waals surface area contributed by atoms with Crippen molar-refractivity contribution in [3.63, 3.8) is 0 Å². The van der Waals surface area contributed by atoms with Gasteiger partial charge in [-0.15, -0.1) is 0 Å². The van der Waals surface area contributed by atoms with Gasteiger partial charge in [-0.3, -0.25) is 4.79 Å². The molecule has 0 saturated heterocycles. The molecule has 0 bridgehead atoms. The van der Waals surface area contributed by atoms with E-state index in [1.54, 1.807) is 9.80 Å². The standard InChI is InChI=1S/C14H26N2O3/c1-4-9-15(11(2)3)14(19)16(10-13(17)18)12-7-5-6-8-12/h11-12H,4-10H2,1-3H3,(H,17,18). The van der Waals surface area contributed by atoms with Gasteiger partial charge >= 0.3 is 12.0 Å². The summed E-state index contributed by atoms with van der Waals surface area (Å²) in [6.07, 6.45) is 4.91. The summed E-state index contributed by atoms with van der Waals surface area (Å²) < 4.78 is 0. The van der Waals surface area contributed by atoms with Crippen molar-refractivity contribution >= 4 is 12.0 Å². The van der Waals surface area contributed by atoms with Crippen LogP contribution in [-0.2, 0) is 4.79 Å². The molecule has 0 aromatic rings. The van der Waals surface area contributed by atoms with Gasteiger partial charge in [0.1, 0.15) is 6.54 Å². The van der Waals surface area contributed by atoms with Gasteiger partial charge in [-0.05, 0) is 33.1 Å². The van der Waals surface area contributed by atoms with Gasteiger partial charge in [0.25, 0.3) is 0 Å². The van der Waals surface area contributed by atoms with E-state index in [9.17, 15) is 9.59 Å². The second-order valence-corrected chi connectivity index (χ2v) is 5.53. The highest BCUT2D eigenvalue weighted by Crippen LogP contribution is 2.24. The Balaban J connectivity index is 2.81. The van der Waals surface area contributed by atoms with Crippen molar-refractivity contribution in [3.05, 3.63) is 0 Å². The molecule has 1 fully saturated rings. The third-order valence-corrected chi connectivity index (χ3v) is 3.65. The molecule has 1 aliphatic carbocycles. The predicted octanol–water partition coefficient (Wildman–Crippen LogP) is 2.56. The van der Waals surface area contributed by atoms with Gasteiger partial charge in [-0.25, -0.2) is 4.79 Å². The van der Waals surface area contributed by atoms with Crippen LogP contribution in [0.4, 0.5) is 4.79 Å². The van der Waals surface area contributed by atoms with Crippen molar-refractivity contribution in [2.75, 3.05) is 13.1 Å². The normalized spacial score (nSPS) is 15.8. The molecular weight excluding hydrogens is 244 g/mol. The Hall–Kier alpha value is -1.26. The zero-order valence-corrected chi connectivity index (χ0v) is 12.3. The van der Waals surface area contributed by atoms with Crippen LogP contribution in [-0.4, -0.2) is 52.1 Å². The van der Waals surface area contributed by atoms with Gasteiger partial charge in [-0.1, -0.05) is 19.8 Å². The van der Waals surface area contributed by atoms with Crippen LogP contribution in [0.3, 0.4) is 0 Å². The maximum atomic E-state index is 12.6. The molecule has 1 aliphatic rings. The molecule has 0 atom stereocenters. The van der Waals surface area contributed by atoms with Crippen molar-refractivity contribution in [1.82, 2.24) is 9.80 Å². The van der Waals surface area contributed by atoms with Crippen LogP contribution in [0.15, 0.2) is 0 Å². The minimum Gasteiger partial charge on any atom is -0.480 e. The Morgan fingerprint density at radius 3 is 2.26 bits per heavy atom. The van der Waals surface area contributed by atoms with E-state index < -0.39 is 5.97 Å². The average Bonchev–Trinajstić information content (AvgIpc) is 2.85. The molecule has 0 aromatic heterocycles. The molecule has 0 spiro atoms. The number of carboxylic acid groups (broad SMARTS) is 1. The van der Waals surface area contributed by atoms with Crippen LogP contribution < -0.4 is 0 Å². The molecule has 110 valence electrons. The van der Waals surface area contributed by atoms with Gasteiger partial charge in [0, 0.05) is 18.6 Å². The highest BCUT2D eigenvalue weighted by Gasteiger charge is 2.31. The fourth-order valence-electron chi connectivity index (χ4n) is 2.70. The summed E-state index contributed by atoms with van der Waals surface area (Å²) in [5.74, 6) is -0.930. The van der Waals surface area contributed by atoms with Crippen LogP contribution in [0.1, 0.15) is 52.9 Å². The van der Waals surface area contributed by atoms with Crippen LogP contribution in [0.2, 0.25) is 0 Å². The molecule has 0 radical (unpaired) electrons. The maximum Gasteiger partial charge on any atom is 0.323 e. The number of nitrogens with zero attached hydrogens (tertiary/aromatic N) is 2. The molecule has 19 heavy (non-hydrogen) atoms. The van der Waals surface area contributed by atoms with Gasteiger partial charge < -0.3 is 14.9 Å². The summed E-state index contributed by atoms with van der Waals surface area (Å²) in [7, 11) is 0. The minimum absolute atomic E-state index is 0.0988. The average molecular weight is 270 g/mol. The quantitative estimate of drug-likeness (QED) is 0.807. The molecule has 0 unspecified atom stereocenters. The van der Waals surface area contributed by atoms with E-state index in [-0.39, 0.29) is 24.7 Å². The van der Waals surface area contributed by atoms with E-state index in [4.69, 9.17) is 5.11 Å². The lowest BCUT2D eigenvalue weighted by molar-refractivity contribution is -0.138. The van der Waals surface area contributed by atoms with E-state index >= 15 is 0 Å². The molecule has 0 aromatic carbocycles. The van der Waals surface area contributed by atoms with Crippen molar-refractivity contribution in [2.45, 2.75) is 65.0 Å². The predicted molar refractivity (Wildman–Crippen MR) is 74.1 cm³/mol. The van der Waals surface area contributed by atoms with Crippen LogP contribution in [0.25, 0.3) is 0 Å². The maximum absolute atomic E-state index is 12.6. The largest absolute Gasteiger partial charge is 0.480 e. The SMILES string of the molecule is CCCN(C(=O)N(CC(=O)O)C1CCCC1)C(C)C. The lowest BCUT2D eigenvalue weighted by atomic mass is 10.2. The Kier molecular flexibility index (Phi) is 6.12. The zero-order chi connectivity index (χ0) is 14.4. The van der Waals surface area contributed by atoms with E-state index in [0.29, 0.717) is 6.54 Å². The number of carbonyl (C=O) groups excluding carboxylic acids is 1.